The number of hydrogen-bond acceptors (Lipinski definition) is 0. The maximum absolute atomic E-state index is 2.44. The van der Waals surface area contributed by atoms with E-state index in [4.69, 9.17) is 0 Å². The van der Waals surface area contributed by atoms with Gasteiger partial charge < -0.3 is 33.8 Å². The lowest BCUT2D eigenvalue weighted by Gasteiger charge is -2.36. The molecule has 0 aliphatic carbocycles. The van der Waals surface area contributed by atoms with Crippen molar-refractivity contribution in [3.05, 3.63) is 0 Å². The van der Waals surface area contributed by atoms with Crippen molar-refractivity contribution in [1.29, 1.82) is 0 Å². The van der Waals surface area contributed by atoms with Gasteiger partial charge in [0, 0.05) is 0 Å². The Kier molecular flexibility index (Phi) is 26.5. The average molecular weight is 470 g/mol. The molecule has 30 heavy (non-hydrogen) atoms. The van der Waals surface area contributed by atoms with Gasteiger partial charge in [-0.25, -0.2) is 0 Å². The zero-order chi connectivity index (χ0) is 21.1. The molecule has 0 aromatic rings. The molecule has 0 saturated heterocycles. The van der Waals surface area contributed by atoms with Crippen LogP contribution < -0.4 is 24.8 Å². The molecule has 0 amide bonds. The highest BCUT2D eigenvalue weighted by Crippen LogP contribution is 2.13. The summed E-state index contributed by atoms with van der Waals surface area (Å²) in [6.45, 7) is 9.95. The fraction of sp³-hybridized carbons (Fsp3) is 1.00. The minimum absolute atomic E-state index is 0. The van der Waals surface area contributed by atoms with Crippen LogP contribution in [0.5, 0.6) is 0 Å². The molecule has 4 heteroatoms. The number of rotatable bonds is 21. The smallest absolute Gasteiger partial charge is 0.128 e. The van der Waals surface area contributed by atoms with E-state index >= 15 is 0 Å². The van der Waals surface area contributed by atoms with Gasteiger partial charge in [0.05, 0.1) is 41.3 Å². The fourth-order valence-corrected chi connectivity index (χ4v) is 4.11. The summed E-state index contributed by atoms with van der Waals surface area (Å²) in [7, 11) is 9.77. The van der Waals surface area contributed by atoms with E-state index in [1.807, 2.05) is 0 Å². The third kappa shape index (κ3) is 24.8. The number of hydrogen-bond donors (Lipinski definition) is 0. The van der Waals surface area contributed by atoms with Gasteiger partial charge in [0.25, 0.3) is 0 Å². The van der Waals surface area contributed by atoms with E-state index < -0.39 is 0 Å². The summed E-state index contributed by atoms with van der Waals surface area (Å²) in [4.78, 5) is 0. The Labute approximate surface area is 204 Å². The van der Waals surface area contributed by atoms with E-state index in [0.717, 1.165) is 0 Å². The van der Waals surface area contributed by atoms with Gasteiger partial charge in [-0.2, -0.15) is 0 Å². The van der Waals surface area contributed by atoms with Crippen LogP contribution >= 0.6 is 0 Å². The standard InChI is InChI=1S/C26H58N2.2ClH/c1-7-9-11-13-15-17-19-21-23-27(3,4)25-26-28(5,6)24-22-20-18-16-14-12-10-8-2;;/h7-26H2,1-6H3;2*1H/q+2;;/p-2. The van der Waals surface area contributed by atoms with Crippen LogP contribution in [0.15, 0.2) is 0 Å². The molecule has 186 valence electrons. The minimum Gasteiger partial charge on any atom is -1.00 e. The van der Waals surface area contributed by atoms with Crippen molar-refractivity contribution in [2.24, 2.45) is 0 Å². The minimum atomic E-state index is 0. The fourth-order valence-electron chi connectivity index (χ4n) is 4.11. The number of halogens is 2. The highest BCUT2D eigenvalue weighted by molar-refractivity contribution is 4.48. The molecular formula is C26H58Cl2N2. The third-order valence-corrected chi connectivity index (χ3v) is 6.54. The average Bonchev–Trinajstić information content (AvgIpc) is 2.65. The van der Waals surface area contributed by atoms with Crippen molar-refractivity contribution in [2.75, 3.05) is 54.4 Å². The van der Waals surface area contributed by atoms with Crippen LogP contribution in [-0.4, -0.2) is 63.3 Å². The van der Waals surface area contributed by atoms with Crippen molar-refractivity contribution in [2.45, 2.75) is 117 Å². The Hall–Kier alpha value is 0.500. The molecule has 0 saturated carbocycles. The first kappa shape index (κ1) is 35.1. The summed E-state index contributed by atoms with van der Waals surface area (Å²) >= 11 is 0. The number of unbranched alkanes of at least 4 members (excludes halogenated alkanes) is 14. The van der Waals surface area contributed by atoms with Crippen LogP contribution in [0.1, 0.15) is 117 Å². The van der Waals surface area contributed by atoms with Gasteiger partial charge in [-0.3, -0.25) is 0 Å². The van der Waals surface area contributed by atoms with Crippen LogP contribution in [-0.2, 0) is 0 Å². The van der Waals surface area contributed by atoms with Crippen molar-refractivity contribution >= 4 is 0 Å². The number of quaternary nitrogens is 2. The quantitative estimate of drug-likeness (QED) is 0.176. The maximum atomic E-state index is 2.44. The van der Waals surface area contributed by atoms with Gasteiger partial charge in [-0.05, 0) is 25.7 Å². The molecule has 0 aliphatic rings. The molecule has 0 unspecified atom stereocenters. The third-order valence-electron chi connectivity index (χ3n) is 6.54. The molecule has 2 nitrogen and oxygen atoms in total. The molecule has 0 spiro atoms. The van der Waals surface area contributed by atoms with Crippen LogP contribution in [0.4, 0.5) is 0 Å². The first-order valence-corrected chi connectivity index (χ1v) is 13.0. The van der Waals surface area contributed by atoms with Crippen LogP contribution in [0.2, 0.25) is 0 Å². The molecule has 0 fully saturated rings. The second kappa shape index (κ2) is 22.7. The summed E-state index contributed by atoms with van der Waals surface area (Å²) in [6.07, 6.45) is 22.9. The predicted octanol–water partition coefficient (Wildman–Crippen LogP) is 1.43. The normalized spacial score (nSPS) is 11.8. The zero-order valence-electron chi connectivity index (χ0n) is 21.8. The molecule has 0 bridgehead atoms. The second-order valence-corrected chi connectivity index (χ2v) is 10.7. The van der Waals surface area contributed by atoms with Crippen LogP contribution in [0.25, 0.3) is 0 Å². The molecule has 0 atom stereocenters. The zero-order valence-corrected chi connectivity index (χ0v) is 23.3. The van der Waals surface area contributed by atoms with Gasteiger partial charge in [0.15, 0.2) is 0 Å². The highest BCUT2D eigenvalue weighted by Gasteiger charge is 2.22. The van der Waals surface area contributed by atoms with Crippen molar-refractivity contribution in [3.8, 4) is 0 Å². The van der Waals surface area contributed by atoms with Gasteiger partial charge in [-0.15, -0.1) is 0 Å². The van der Waals surface area contributed by atoms with Crippen LogP contribution in [0.3, 0.4) is 0 Å². The largest absolute Gasteiger partial charge is 1.00 e. The van der Waals surface area contributed by atoms with E-state index in [1.165, 1.54) is 138 Å². The first-order chi connectivity index (χ1) is 13.3. The molecule has 0 rings (SSSR count). The number of nitrogens with zero attached hydrogens (tertiary/aromatic N) is 2. The van der Waals surface area contributed by atoms with Crippen LogP contribution in [0, 0.1) is 0 Å². The van der Waals surface area contributed by atoms with E-state index in [0.29, 0.717) is 0 Å². The van der Waals surface area contributed by atoms with Gasteiger partial charge in [-0.1, -0.05) is 90.9 Å². The topological polar surface area (TPSA) is 0 Å². The molecule has 0 aliphatic heterocycles. The number of likely N-dealkylation sites (N-methyl/N-ethyl adjacent to an activating group) is 2. The predicted molar refractivity (Wildman–Crippen MR) is 129 cm³/mol. The Morgan fingerprint density at radius 3 is 0.833 bits per heavy atom. The van der Waals surface area contributed by atoms with Crippen molar-refractivity contribution in [1.82, 2.24) is 0 Å². The monoisotopic (exact) mass is 468 g/mol. The SMILES string of the molecule is CCCCCCCCCC[N+](C)(C)CC[N+](C)(C)CCCCCCCCCC.[Cl-].[Cl-]. The van der Waals surface area contributed by atoms with Gasteiger partial charge in [0.2, 0.25) is 0 Å². The molecule has 0 aromatic heterocycles. The molecule has 0 aromatic carbocycles. The highest BCUT2D eigenvalue weighted by atomic mass is 35.5. The summed E-state index contributed by atoms with van der Waals surface area (Å²) < 4.78 is 2.41. The Morgan fingerprint density at radius 2 is 0.567 bits per heavy atom. The molecule has 0 heterocycles. The summed E-state index contributed by atoms with van der Waals surface area (Å²) in [5.74, 6) is 0. The lowest BCUT2D eigenvalue weighted by atomic mass is 10.1. The van der Waals surface area contributed by atoms with E-state index in [1.54, 1.807) is 0 Å². The molecule has 0 radical (unpaired) electrons. The second-order valence-electron chi connectivity index (χ2n) is 10.7. The van der Waals surface area contributed by atoms with Crippen molar-refractivity contribution in [3.63, 3.8) is 0 Å². The van der Waals surface area contributed by atoms with E-state index in [9.17, 15) is 0 Å². The Bertz CT molecular complexity index is 301. The Morgan fingerprint density at radius 1 is 0.333 bits per heavy atom. The van der Waals surface area contributed by atoms with E-state index in [-0.39, 0.29) is 24.8 Å². The lowest BCUT2D eigenvalue weighted by molar-refractivity contribution is -0.946. The summed E-state index contributed by atoms with van der Waals surface area (Å²) in [5.41, 5.74) is 0. The summed E-state index contributed by atoms with van der Waals surface area (Å²) in [6, 6.07) is 0. The molecule has 0 N–H and O–H groups in total. The summed E-state index contributed by atoms with van der Waals surface area (Å²) in [5, 5.41) is 0. The van der Waals surface area contributed by atoms with Crippen molar-refractivity contribution < 1.29 is 33.8 Å². The van der Waals surface area contributed by atoms with E-state index in [2.05, 4.69) is 42.0 Å². The molecular weight excluding hydrogens is 411 g/mol. The first-order valence-electron chi connectivity index (χ1n) is 13.0. The Balaban J connectivity index is -0.00000364. The van der Waals surface area contributed by atoms with Gasteiger partial charge in [0.1, 0.15) is 13.1 Å². The van der Waals surface area contributed by atoms with Gasteiger partial charge >= 0.3 is 0 Å². The maximum Gasteiger partial charge on any atom is 0.128 e. The lowest BCUT2D eigenvalue weighted by Crippen LogP contribution is -3.00.